The minimum absolute atomic E-state index is 0.0608. The number of benzene rings is 1. The minimum Gasteiger partial charge on any atom is -0.462 e. The second-order valence-corrected chi connectivity index (χ2v) is 5.75. The summed E-state index contributed by atoms with van der Waals surface area (Å²) in [7, 11) is 0. The molecule has 1 aliphatic heterocycles. The molecule has 1 unspecified atom stereocenters. The van der Waals surface area contributed by atoms with Crippen LogP contribution in [0.15, 0.2) is 40.8 Å². The maximum atomic E-state index is 12.9. The van der Waals surface area contributed by atoms with E-state index in [0.717, 1.165) is 43.9 Å². The monoisotopic (exact) mass is 304 g/mol. The molecule has 22 heavy (non-hydrogen) atoms. The van der Waals surface area contributed by atoms with Crippen LogP contribution in [0.1, 0.15) is 24.4 Å². The van der Waals surface area contributed by atoms with Gasteiger partial charge in [0.05, 0.1) is 6.54 Å². The summed E-state index contributed by atoms with van der Waals surface area (Å²) in [4.78, 5) is 2.34. The third-order valence-electron chi connectivity index (χ3n) is 3.97. The van der Waals surface area contributed by atoms with Crippen molar-refractivity contribution in [1.29, 1.82) is 0 Å². The van der Waals surface area contributed by atoms with Crippen molar-refractivity contribution in [2.24, 2.45) is 0 Å². The maximum absolute atomic E-state index is 12.9. The zero-order valence-electron chi connectivity index (χ0n) is 12.5. The van der Waals surface area contributed by atoms with Crippen LogP contribution in [0.2, 0.25) is 0 Å². The van der Waals surface area contributed by atoms with Crippen molar-refractivity contribution in [1.82, 2.24) is 4.90 Å². The Morgan fingerprint density at radius 1 is 1.18 bits per heavy atom. The SMILES string of the molecule is OCc1ccc(CN2CCCC(Nc3ccc(F)cc3)C2)o1. The van der Waals surface area contributed by atoms with Crippen LogP contribution in [0.3, 0.4) is 0 Å². The van der Waals surface area contributed by atoms with Gasteiger partial charge in [0.1, 0.15) is 23.9 Å². The van der Waals surface area contributed by atoms with Gasteiger partial charge in [-0.3, -0.25) is 4.90 Å². The largest absolute Gasteiger partial charge is 0.462 e. The molecule has 1 fully saturated rings. The van der Waals surface area contributed by atoms with E-state index in [4.69, 9.17) is 9.52 Å². The van der Waals surface area contributed by atoms with E-state index in [1.54, 1.807) is 12.1 Å². The number of furan rings is 1. The average molecular weight is 304 g/mol. The van der Waals surface area contributed by atoms with E-state index < -0.39 is 0 Å². The van der Waals surface area contributed by atoms with Gasteiger partial charge in [-0.25, -0.2) is 4.39 Å². The van der Waals surface area contributed by atoms with Gasteiger partial charge in [-0.1, -0.05) is 0 Å². The van der Waals surface area contributed by atoms with Gasteiger partial charge in [0.25, 0.3) is 0 Å². The van der Waals surface area contributed by atoms with Crippen LogP contribution in [0.5, 0.6) is 0 Å². The van der Waals surface area contributed by atoms with Crippen molar-refractivity contribution in [2.45, 2.75) is 32.0 Å². The van der Waals surface area contributed by atoms with Crippen LogP contribution in [-0.4, -0.2) is 29.1 Å². The van der Waals surface area contributed by atoms with Gasteiger partial charge in [0, 0.05) is 18.3 Å². The van der Waals surface area contributed by atoms with Crippen LogP contribution in [0, 0.1) is 5.82 Å². The molecule has 0 saturated carbocycles. The fourth-order valence-electron chi connectivity index (χ4n) is 2.91. The molecule has 2 heterocycles. The first kappa shape index (κ1) is 15.1. The number of likely N-dealkylation sites (tertiary alicyclic amines) is 1. The highest BCUT2D eigenvalue weighted by molar-refractivity contribution is 5.43. The number of rotatable bonds is 5. The van der Waals surface area contributed by atoms with E-state index in [1.165, 1.54) is 12.1 Å². The number of halogens is 1. The zero-order valence-corrected chi connectivity index (χ0v) is 12.5. The third kappa shape index (κ3) is 3.87. The summed E-state index contributed by atoms with van der Waals surface area (Å²) in [6, 6.07) is 10.6. The van der Waals surface area contributed by atoms with Crippen LogP contribution in [0.4, 0.5) is 10.1 Å². The predicted molar refractivity (Wildman–Crippen MR) is 83.0 cm³/mol. The molecule has 1 saturated heterocycles. The molecule has 1 aromatic carbocycles. The third-order valence-corrected chi connectivity index (χ3v) is 3.97. The molecule has 0 radical (unpaired) electrons. The molecule has 1 aliphatic rings. The van der Waals surface area contributed by atoms with Crippen molar-refractivity contribution in [2.75, 3.05) is 18.4 Å². The summed E-state index contributed by atoms with van der Waals surface area (Å²) in [5.41, 5.74) is 0.953. The Morgan fingerprint density at radius 2 is 1.95 bits per heavy atom. The number of hydrogen-bond acceptors (Lipinski definition) is 4. The quantitative estimate of drug-likeness (QED) is 0.891. The van der Waals surface area contributed by atoms with Crippen LogP contribution < -0.4 is 5.32 Å². The molecule has 0 amide bonds. The normalized spacial score (nSPS) is 19.3. The Labute approximate surface area is 129 Å². The Morgan fingerprint density at radius 3 is 2.68 bits per heavy atom. The average Bonchev–Trinajstić information content (AvgIpc) is 2.98. The zero-order chi connectivity index (χ0) is 15.4. The van der Waals surface area contributed by atoms with Gasteiger partial charge < -0.3 is 14.8 Å². The van der Waals surface area contributed by atoms with Gasteiger partial charge in [-0.2, -0.15) is 0 Å². The fraction of sp³-hybridized carbons (Fsp3) is 0.412. The van der Waals surface area contributed by atoms with E-state index in [2.05, 4.69) is 10.2 Å². The topological polar surface area (TPSA) is 48.6 Å². The number of anilines is 1. The van der Waals surface area contributed by atoms with Crippen molar-refractivity contribution in [3.05, 3.63) is 53.7 Å². The van der Waals surface area contributed by atoms with Crippen LogP contribution in [0.25, 0.3) is 0 Å². The van der Waals surface area contributed by atoms with Crippen molar-refractivity contribution >= 4 is 5.69 Å². The number of nitrogens with zero attached hydrogens (tertiary/aromatic N) is 1. The highest BCUT2D eigenvalue weighted by atomic mass is 19.1. The molecule has 0 aliphatic carbocycles. The lowest BCUT2D eigenvalue weighted by Gasteiger charge is -2.33. The van der Waals surface area contributed by atoms with E-state index in [-0.39, 0.29) is 12.4 Å². The Hall–Kier alpha value is -1.85. The van der Waals surface area contributed by atoms with Gasteiger partial charge in [0.15, 0.2) is 0 Å². The number of nitrogens with one attached hydrogen (secondary N) is 1. The molecule has 1 aromatic heterocycles. The molecule has 118 valence electrons. The molecular weight excluding hydrogens is 283 g/mol. The minimum atomic E-state index is -0.215. The second kappa shape index (κ2) is 6.94. The Kier molecular flexibility index (Phi) is 4.75. The molecule has 2 N–H and O–H groups in total. The lowest BCUT2D eigenvalue weighted by Crippen LogP contribution is -2.41. The van der Waals surface area contributed by atoms with E-state index >= 15 is 0 Å². The van der Waals surface area contributed by atoms with Gasteiger partial charge in [-0.05, 0) is 55.8 Å². The molecule has 0 spiro atoms. The van der Waals surface area contributed by atoms with E-state index in [0.29, 0.717) is 11.8 Å². The van der Waals surface area contributed by atoms with Gasteiger partial charge >= 0.3 is 0 Å². The van der Waals surface area contributed by atoms with E-state index in [9.17, 15) is 4.39 Å². The first-order valence-corrected chi connectivity index (χ1v) is 7.66. The van der Waals surface area contributed by atoms with Crippen molar-refractivity contribution in [3.8, 4) is 0 Å². The molecule has 1 atom stereocenters. The van der Waals surface area contributed by atoms with Crippen LogP contribution >= 0.6 is 0 Å². The van der Waals surface area contributed by atoms with Gasteiger partial charge in [-0.15, -0.1) is 0 Å². The first-order chi connectivity index (χ1) is 10.7. The summed E-state index contributed by atoms with van der Waals surface area (Å²) in [5, 5.41) is 12.5. The summed E-state index contributed by atoms with van der Waals surface area (Å²) >= 11 is 0. The Balaban J connectivity index is 1.55. The summed E-state index contributed by atoms with van der Waals surface area (Å²) in [6.07, 6.45) is 2.22. The molecule has 0 bridgehead atoms. The molecule has 2 aromatic rings. The number of aliphatic hydroxyl groups is 1. The second-order valence-electron chi connectivity index (χ2n) is 5.75. The highest BCUT2D eigenvalue weighted by Gasteiger charge is 2.20. The fourth-order valence-corrected chi connectivity index (χ4v) is 2.91. The number of piperidine rings is 1. The molecular formula is C17H21FN2O2. The summed E-state index contributed by atoms with van der Waals surface area (Å²) in [6.45, 7) is 2.65. The summed E-state index contributed by atoms with van der Waals surface area (Å²) < 4.78 is 18.5. The number of hydrogen-bond donors (Lipinski definition) is 2. The lowest BCUT2D eigenvalue weighted by molar-refractivity contribution is 0.186. The predicted octanol–water partition coefficient (Wildman–Crippen LogP) is 2.99. The van der Waals surface area contributed by atoms with Crippen molar-refractivity contribution < 1.29 is 13.9 Å². The standard InChI is InChI=1S/C17H21FN2O2/c18-13-3-5-14(6-4-13)19-15-2-1-9-20(10-15)11-16-7-8-17(12-21)22-16/h3-8,15,19,21H,1-2,9-12H2. The van der Waals surface area contributed by atoms with Crippen molar-refractivity contribution in [3.63, 3.8) is 0 Å². The van der Waals surface area contributed by atoms with Gasteiger partial charge in [0.2, 0.25) is 0 Å². The van der Waals surface area contributed by atoms with Crippen LogP contribution in [-0.2, 0) is 13.2 Å². The molecule has 5 heteroatoms. The Bertz CT molecular complexity index is 597. The molecule has 4 nitrogen and oxygen atoms in total. The number of aliphatic hydroxyl groups excluding tert-OH is 1. The maximum Gasteiger partial charge on any atom is 0.129 e. The summed E-state index contributed by atoms with van der Waals surface area (Å²) in [5.74, 6) is 1.27. The van der Waals surface area contributed by atoms with E-state index in [1.807, 2.05) is 12.1 Å². The molecule has 3 rings (SSSR count). The lowest BCUT2D eigenvalue weighted by atomic mass is 10.1. The highest BCUT2D eigenvalue weighted by Crippen LogP contribution is 2.19. The first-order valence-electron chi connectivity index (χ1n) is 7.66. The smallest absolute Gasteiger partial charge is 0.129 e.